The summed E-state index contributed by atoms with van der Waals surface area (Å²) in [6, 6.07) is 0. The van der Waals surface area contributed by atoms with Crippen LogP contribution in [0.15, 0.2) is 6.20 Å². The number of imidazole rings is 1. The monoisotopic (exact) mass is 252 g/mol. The van der Waals surface area contributed by atoms with Crippen LogP contribution >= 0.6 is 0 Å². The van der Waals surface area contributed by atoms with E-state index in [1.165, 1.54) is 0 Å². The molecular weight excluding hydrogens is 224 g/mol. The maximum atomic E-state index is 5.81. The fourth-order valence-corrected chi connectivity index (χ4v) is 2.12. The Morgan fingerprint density at radius 3 is 2.56 bits per heavy atom. The molecule has 0 saturated heterocycles. The Kier molecular flexibility index (Phi) is 5.20. The molecule has 0 aliphatic rings. The van der Waals surface area contributed by atoms with Gasteiger partial charge in [0, 0.05) is 26.3 Å². The SMILES string of the molecule is CCCn1cc(CC)nc1N(C)CC(C)(C)CN. The van der Waals surface area contributed by atoms with Crippen LogP contribution in [0, 0.1) is 5.41 Å². The molecule has 0 unspecified atom stereocenters. The lowest BCUT2D eigenvalue weighted by atomic mass is 9.93. The van der Waals surface area contributed by atoms with Gasteiger partial charge < -0.3 is 15.2 Å². The molecule has 2 N–H and O–H groups in total. The molecule has 0 bridgehead atoms. The van der Waals surface area contributed by atoms with E-state index in [2.05, 4.69) is 50.4 Å². The normalized spacial score (nSPS) is 11.9. The van der Waals surface area contributed by atoms with Gasteiger partial charge in [0.25, 0.3) is 0 Å². The zero-order valence-corrected chi connectivity index (χ0v) is 12.5. The molecule has 0 fully saturated rings. The van der Waals surface area contributed by atoms with Crippen molar-refractivity contribution in [3.05, 3.63) is 11.9 Å². The minimum atomic E-state index is 0.115. The summed E-state index contributed by atoms with van der Waals surface area (Å²) in [5.41, 5.74) is 7.08. The maximum absolute atomic E-state index is 5.81. The zero-order valence-electron chi connectivity index (χ0n) is 12.5. The van der Waals surface area contributed by atoms with Crippen molar-refractivity contribution in [2.45, 2.75) is 47.1 Å². The third-order valence-electron chi connectivity index (χ3n) is 3.19. The molecule has 0 spiro atoms. The van der Waals surface area contributed by atoms with Crippen molar-refractivity contribution in [1.29, 1.82) is 0 Å². The molecule has 0 amide bonds. The maximum Gasteiger partial charge on any atom is 0.205 e. The quantitative estimate of drug-likeness (QED) is 0.810. The first kappa shape index (κ1) is 15.0. The summed E-state index contributed by atoms with van der Waals surface area (Å²) in [5.74, 6) is 1.07. The van der Waals surface area contributed by atoms with Gasteiger partial charge in [-0.25, -0.2) is 4.98 Å². The van der Waals surface area contributed by atoms with Crippen molar-refractivity contribution in [2.75, 3.05) is 25.0 Å². The fraction of sp³-hybridized carbons (Fsp3) is 0.786. The standard InChI is InChI=1S/C14H28N4/c1-6-8-18-9-12(7-2)16-13(18)17(5)11-14(3,4)10-15/h9H,6-8,10-11,15H2,1-5H3. The minimum Gasteiger partial charge on any atom is -0.345 e. The van der Waals surface area contributed by atoms with Gasteiger partial charge in [0.2, 0.25) is 5.95 Å². The zero-order chi connectivity index (χ0) is 13.8. The van der Waals surface area contributed by atoms with Crippen LogP contribution in [0.1, 0.15) is 39.8 Å². The van der Waals surface area contributed by atoms with Gasteiger partial charge in [-0.1, -0.05) is 27.7 Å². The predicted molar refractivity (Wildman–Crippen MR) is 78.0 cm³/mol. The van der Waals surface area contributed by atoms with Gasteiger partial charge in [0.1, 0.15) is 0 Å². The van der Waals surface area contributed by atoms with Crippen molar-refractivity contribution in [1.82, 2.24) is 9.55 Å². The highest BCUT2D eigenvalue weighted by atomic mass is 15.3. The first-order valence-electron chi connectivity index (χ1n) is 6.90. The number of nitrogens with zero attached hydrogens (tertiary/aromatic N) is 3. The molecule has 0 aliphatic heterocycles. The van der Waals surface area contributed by atoms with Crippen LogP contribution in [-0.2, 0) is 13.0 Å². The molecule has 0 saturated carbocycles. The second-order valence-corrected chi connectivity index (χ2v) is 5.80. The number of nitrogens with two attached hydrogens (primary N) is 1. The van der Waals surface area contributed by atoms with Crippen LogP contribution in [0.3, 0.4) is 0 Å². The Bertz CT molecular complexity index is 368. The number of hydrogen-bond acceptors (Lipinski definition) is 3. The van der Waals surface area contributed by atoms with Crippen molar-refractivity contribution in [2.24, 2.45) is 11.1 Å². The number of aryl methyl sites for hydroxylation is 2. The van der Waals surface area contributed by atoms with Crippen molar-refractivity contribution in [3.63, 3.8) is 0 Å². The van der Waals surface area contributed by atoms with Crippen LogP contribution < -0.4 is 10.6 Å². The van der Waals surface area contributed by atoms with Gasteiger partial charge in [-0.3, -0.25) is 0 Å². The Balaban J connectivity index is 2.89. The highest BCUT2D eigenvalue weighted by Crippen LogP contribution is 2.20. The highest BCUT2D eigenvalue weighted by Gasteiger charge is 2.21. The Labute approximate surface area is 111 Å². The highest BCUT2D eigenvalue weighted by molar-refractivity contribution is 5.33. The second-order valence-electron chi connectivity index (χ2n) is 5.80. The Morgan fingerprint density at radius 2 is 2.06 bits per heavy atom. The van der Waals surface area contributed by atoms with Crippen LogP contribution in [0.2, 0.25) is 0 Å². The molecule has 4 nitrogen and oxygen atoms in total. The summed E-state index contributed by atoms with van der Waals surface area (Å²) in [7, 11) is 2.10. The Morgan fingerprint density at radius 1 is 1.39 bits per heavy atom. The summed E-state index contributed by atoms with van der Waals surface area (Å²) >= 11 is 0. The molecule has 4 heteroatoms. The van der Waals surface area contributed by atoms with Crippen LogP contribution in [-0.4, -0.2) is 29.7 Å². The van der Waals surface area contributed by atoms with Crippen LogP contribution in [0.4, 0.5) is 5.95 Å². The van der Waals surface area contributed by atoms with Gasteiger partial charge in [0.15, 0.2) is 0 Å². The van der Waals surface area contributed by atoms with E-state index in [1.807, 2.05) is 0 Å². The molecule has 18 heavy (non-hydrogen) atoms. The van der Waals surface area contributed by atoms with E-state index in [0.717, 1.165) is 37.6 Å². The van der Waals surface area contributed by atoms with E-state index >= 15 is 0 Å². The molecule has 1 heterocycles. The molecular formula is C14H28N4. The summed E-state index contributed by atoms with van der Waals surface area (Å²) in [6.45, 7) is 11.4. The van der Waals surface area contributed by atoms with E-state index < -0.39 is 0 Å². The topological polar surface area (TPSA) is 47.1 Å². The van der Waals surface area contributed by atoms with E-state index in [9.17, 15) is 0 Å². The van der Waals surface area contributed by atoms with Crippen molar-refractivity contribution in [3.8, 4) is 0 Å². The molecule has 0 atom stereocenters. The molecule has 0 radical (unpaired) electrons. The van der Waals surface area contributed by atoms with Crippen LogP contribution in [0.5, 0.6) is 0 Å². The lowest BCUT2D eigenvalue weighted by molar-refractivity contribution is 0.381. The van der Waals surface area contributed by atoms with E-state index in [4.69, 9.17) is 10.7 Å². The average Bonchev–Trinajstić information content (AvgIpc) is 2.72. The first-order chi connectivity index (χ1) is 8.43. The largest absolute Gasteiger partial charge is 0.345 e. The number of rotatable bonds is 7. The number of anilines is 1. The van der Waals surface area contributed by atoms with E-state index in [-0.39, 0.29) is 5.41 Å². The van der Waals surface area contributed by atoms with Gasteiger partial charge in [-0.15, -0.1) is 0 Å². The van der Waals surface area contributed by atoms with E-state index in [1.54, 1.807) is 0 Å². The first-order valence-corrected chi connectivity index (χ1v) is 6.90. The van der Waals surface area contributed by atoms with Crippen LogP contribution in [0.25, 0.3) is 0 Å². The summed E-state index contributed by atoms with van der Waals surface area (Å²) in [6.07, 6.45) is 4.28. The average molecular weight is 252 g/mol. The third-order valence-corrected chi connectivity index (χ3v) is 3.19. The van der Waals surface area contributed by atoms with Gasteiger partial charge in [0.05, 0.1) is 5.69 Å². The minimum absolute atomic E-state index is 0.115. The molecule has 1 aromatic heterocycles. The lowest BCUT2D eigenvalue weighted by Gasteiger charge is -2.30. The second kappa shape index (κ2) is 6.23. The predicted octanol–water partition coefficient (Wildman–Crippen LogP) is 2.28. The molecule has 0 aliphatic carbocycles. The summed E-state index contributed by atoms with van der Waals surface area (Å²) < 4.78 is 2.26. The molecule has 1 rings (SSSR count). The summed E-state index contributed by atoms with van der Waals surface area (Å²) in [5, 5.41) is 0. The smallest absolute Gasteiger partial charge is 0.205 e. The van der Waals surface area contributed by atoms with Crippen molar-refractivity contribution < 1.29 is 0 Å². The van der Waals surface area contributed by atoms with Crippen molar-refractivity contribution >= 4 is 5.95 Å². The third kappa shape index (κ3) is 3.73. The lowest BCUT2D eigenvalue weighted by Crippen LogP contribution is -2.37. The molecule has 104 valence electrons. The molecule has 1 aromatic rings. The van der Waals surface area contributed by atoms with E-state index in [0.29, 0.717) is 6.54 Å². The van der Waals surface area contributed by atoms with Gasteiger partial charge in [-0.05, 0) is 24.8 Å². The van der Waals surface area contributed by atoms with Gasteiger partial charge in [-0.2, -0.15) is 0 Å². The number of aromatic nitrogens is 2. The van der Waals surface area contributed by atoms with Gasteiger partial charge >= 0.3 is 0 Å². The number of hydrogen-bond donors (Lipinski definition) is 1. The fourth-order valence-electron chi connectivity index (χ4n) is 2.12. The Hall–Kier alpha value is -1.03. The molecule has 0 aromatic carbocycles. The summed E-state index contributed by atoms with van der Waals surface area (Å²) in [4.78, 5) is 6.94.